The number of methoxy groups -OCH3 is 2. The molecule has 0 aliphatic carbocycles. The molecular formula is C16H14ClN3O3. The quantitative estimate of drug-likeness (QED) is 0.798. The van der Waals surface area contributed by atoms with Crippen molar-refractivity contribution in [2.75, 3.05) is 19.6 Å². The summed E-state index contributed by atoms with van der Waals surface area (Å²) >= 11 is 6.13. The molecule has 7 heteroatoms. The maximum Gasteiger partial charge on any atom is 0.270 e. The van der Waals surface area contributed by atoms with Gasteiger partial charge in [-0.1, -0.05) is 23.7 Å². The van der Waals surface area contributed by atoms with Crippen LogP contribution in [-0.4, -0.2) is 29.8 Å². The summed E-state index contributed by atoms with van der Waals surface area (Å²) in [5.41, 5.74) is 4.70. The van der Waals surface area contributed by atoms with Gasteiger partial charge >= 0.3 is 0 Å². The van der Waals surface area contributed by atoms with Crippen LogP contribution in [0.1, 0.15) is 10.4 Å². The highest BCUT2D eigenvalue weighted by molar-refractivity contribution is 6.32. The molecule has 118 valence electrons. The van der Waals surface area contributed by atoms with E-state index >= 15 is 0 Å². The number of hydrogen-bond donors (Lipinski definition) is 1. The normalized spacial score (nSPS) is 10.6. The molecule has 2 aromatic carbocycles. The van der Waals surface area contributed by atoms with Gasteiger partial charge in [0.1, 0.15) is 6.33 Å². The van der Waals surface area contributed by atoms with Crippen LogP contribution in [0.2, 0.25) is 5.02 Å². The lowest BCUT2D eigenvalue weighted by atomic mass is 10.2. The number of carbonyl (C=O) groups is 1. The Bertz CT molecular complexity index is 876. The third-order valence-electron chi connectivity index (χ3n) is 3.37. The second-order valence-corrected chi connectivity index (χ2v) is 5.14. The second kappa shape index (κ2) is 6.18. The number of benzene rings is 2. The van der Waals surface area contributed by atoms with Crippen molar-refractivity contribution in [1.82, 2.24) is 9.66 Å². The van der Waals surface area contributed by atoms with Gasteiger partial charge < -0.3 is 9.47 Å². The van der Waals surface area contributed by atoms with E-state index in [-0.39, 0.29) is 5.91 Å². The Kier molecular flexibility index (Phi) is 4.08. The van der Waals surface area contributed by atoms with Crippen molar-refractivity contribution in [2.24, 2.45) is 0 Å². The number of rotatable bonds is 4. The van der Waals surface area contributed by atoms with Gasteiger partial charge in [0, 0.05) is 5.56 Å². The van der Waals surface area contributed by atoms with Gasteiger partial charge in [-0.05, 0) is 24.3 Å². The van der Waals surface area contributed by atoms with Crippen LogP contribution < -0.4 is 14.9 Å². The Morgan fingerprint density at radius 3 is 2.74 bits per heavy atom. The Balaban J connectivity index is 1.93. The molecule has 0 bridgehead atoms. The van der Waals surface area contributed by atoms with E-state index in [1.807, 2.05) is 24.3 Å². The number of para-hydroxylation sites is 2. The van der Waals surface area contributed by atoms with Gasteiger partial charge in [0.15, 0.2) is 11.5 Å². The SMILES string of the molecule is COc1cc(C(=O)Nn2cnc3ccccc32)cc(Cl)c1OC. The van der Waals surface area contributed by atoms with E-state index < -0.39 is 0 Å². The van der Waals surface area contributed by atoms with E-state index in [4.69, 9.17) is 21.1 Å². The Morgan fingerprint density at radius 2 is 2.00 bits per heavy atom. The molecule has 1 aromatic heterocycles. The molecule has 0 fully saturated rings. The minimum Gasteiger partial charge on any atom is -0.493 e. The number of nitrogens with zero attached hydrogens (tertiary/aromatic N) is 2. The highest BCUT2D eigenvalue weighted by Gasteiger charge is 2.16. The van der Waals surface area contributed by atoms with Gasteiger partial charge in [0.25, 0.3) is 5.91 Å². The summed E-state index contributed by atoms with van der Waals surface area (Å²) in [6, 6.07) is 10.6. The van der Waals surface area contributed by atoms with Gasteiger partial charge in [-0.2, -0.15) is 0 Å². The monoisotopic (exact) mass is 331 g/mol. The first-order valence-electron chi connectivity index (χ1n) is 6.79. The minimum absolute atomic E-state index is 0.299. The number of imidazole rings is 1. The highest BCUT2D eigenvalue weighted by Crippen LogP contribution is 2.36. The van der Waals surface area contributed by atoms with Crippen molar-refractivity contribution in [3.05, 3.63) is 53.3 Å². The molecule has 0 unspecified atom stereocenters. The largest absolute Gasteiger partial charge is 0.493 e. The van der Waals surface area contributed by atoms with Crippen LogP contribution in [0.25, 0.3) is 11.0 Å². The lowest BCUT2D eigenvalue weighted by Crippen LogP contribution is -2.22. The van der Waals surface area contributed by atoms with Crippen molar-refractivity contribution in [3.63, 3.8) is 0 Å². The van der Waals surface area contributed by atoms with Crippen LogP contribution in [-0.2, 0) is 0 Å². The zero-order valence-electron chi connectivity index (χ0n) is 12.5. The van der Waals surface area contributed by atoms with Crippen molar-refractivity contribution < 1.29 is 14.3 Å². The highest BCUT2D eigenvalue weighted by atomic mass is 35.5. The molecule has 23 heavy (non-hydrogen) atoms. The van der Waals surface area contributed by atoms with E-state index in [2.05, 4.69) is 10.4 Å². The third-order valence-corrected chi connectivity index (χ3v) is 3.65. The summed E-state index contributed by atoms with van der Waals surface area (Å²) in [5.74, 6) is 0.440. The molecule has 0 spiro atoms. The van der Waals surface area contributed by atoms with E-state index in [1.165, 1.54) is 20.3 Å². The fourth-order valence-corrected chi connectivity index (χ4v) is 2.56. The van der Waals surface area contributed by atoms with Crippen LogP contribution in [0, 0.1) is 0 Å². The maximum atomic E-state index is 12.5. The van der Waals surface area contributed by atoms with E-state index in [0.29, 0.717) is 22.1 Å². The summed E-state index contributed by atoms with van der Waals surface area (Å²) in [6.07, 6.45) is 1.55. The molecule has 0 aliphatic heterocycles. The average Bonchev–Trinajstić information content (AvgIpc) is 2.97. The maximum absolute atomic E-state index is 12.5. The van der Waals surface area contributed by atoms with E-state index in [0.717, 1.165) is 11.0 Å². The van der Waals surface area contributed by atoms with Gasteiger partial charge in [0.05, 0.1) is 30.3 Å². The molecule has 0 atom stereocenters. The first-order chi connectivity index (χ1) is 11.1. The fraction of sp³-hybridized carbons (Fsp3) is 0.125. The molecule has 1 amide bonds. The molecular weight excluding hydrogens is 318 g/mol. The van der Waals surface area contributed by atoms with Crippen LogP contribution in [0.3, 0.4) is 0 Å². The summed E-state index contributed by atoms with van der Waals surface area (Å²) < 4.78 is 11.9. The smallest absolute Gasteiger partial charge is 0.270 e. The van der Waals surface area contributed by atoms with E-state index in [1.54, 1.807) is 17.1 Å². The number of aromatic nitrogens is 2. The molecule has 0 radical (unpaired) electrons. The second-order valence-electron chi connectivity index (χ2n) is 4.74. The van der Waals surface area contributed by atoms with E-state index in [9.17, 15) is 4.79 Å². The van der Waals surface area contributed by atoms with Gasteiger partial charge in [-0.25, -0.2) is 9.66 Å². The van der Waals surface area contributed by atoms with Crippen molar-refractivity contribution >= 4 is 28.5 Å². The molecule has 6 nitrogen and oxygen atoms in total. The molecule has 0 saturated heterocycles. The lowest BCUT2D eigenvalue weighted by molar-refractivity contribution is 0.101. The van der Waals surface area contributed by atoms with Gasteiger partial charge in [0.2, 0.25) is 0 Å². The van der Waals surface area contributed by atoms with Gasteiger partial charge in [-0.3, -0.25) is 10.2 Å². The van der Waals surface area contributed by atoms with Crippen molar-refractivity contribution in [1.29, 1.82) is 0 Å². The lowest BCUT2D eigenvalue weighted by Gasteiger charge is -2.12. The average molecular weight is 332 g/mol. The number of ether oxygens (including phenoxy) is 2. The molecule has 0 aliphatic rings. The molecule has 1 N–H and O–H groups in total. The first-order valence-corrected chi connectivity index (χ1v) is 7.17. The molecule has 3 rings (SSSR count). The molecule has 3 aromatic rings. The number of halogens is 1. The van der Waals surface area contributed by atoms with Gasteiger partial charge in [-0.15, -0.1) is 0 Å². The summed E-state index contributed by atoms with van der Waals surface area (Å²) in [5, 5.41) is 0.299. The van der Waals surface area contributed by atoms with Crippen LogP contribution in [0.15, 0.2) is 42.7 Å². The summed E-state index contributed by atoms with van der Waals surface area (Å²) in [4.78, 5) is 16.7. The van der Waals surface area contributed by atoms with Crippen LogP contribution in [0.4, 0.5) is 0 Å². The number of amides is 1. The Labute approximate surface area is 137 Å². The van der Waals surface area contributed by atoms with Crippen LogP contribution in [0.5, 0.6) is 11.5 Å². The number of carbonyl (C=O) groups excluding carboxylic acids is 1. The number of hydrogen-bond acceptors (Lipinski definition) is 4. The summed E-state index contributed by atoms with van der Waals surface area (Å²) in [7, 11) is 2.97. The predicted octanol–water partition coefficient (Wildman–Crippen LogP) is 3.09. The third kappa shape index (κ3) is 2.80. The Morgan fingerprint density at radius 1 is 1.22 bits per heavy atom. The first kappa shape index (κ1) is 15.2. The Hall–Kier alpha value is -2.73. The summed E-state index contributed by atoms with van der Waals surface area (Å²) in [6.45, 7) is 0. The topological polar surface area (TPSA) is 65.4 Å². The predicted molar refractivity (Wildman–Crippen MR) is 88.0 cm³/mol. The standard InChI is InChI=1S/C16H14ClN3O3/c1-22-14-8-10(7-11(17)15(14)23-2)16(21)19-20-9-18-12-5-3-4-6-13(12)20/h3-9H,1-2H3,(H,19,21). The number of fused-ring (bicyclic) bond motifs is 1. The van der Waals surface area contributed by atoms with Crippen molar-refractivity contribution in [2.45, 2.75) is 0 Å². The zero-order chi connectivity index (χ0) is 16.4. The van der Waals surface area contributed by atoms with Crippen LogP contribution >= 0.6 is 11.6 Å². The molecule has 1 heterocycles. The van der Waals surface area contributed by atoms with Crippen molar-refractivity contribution in [3.8, 4) is 11.5 Å². The zero-order valence-corrected chi connectivity index (χ0v) is 13.3. The number of nitrogens with one attached hydrogen (secondary N) is 1. The minimum atomic E-state index is -0.337. The molecule has 0 saturated carbocycles. The fourth-order valence-electron chi connectivity index (χ4n) is 2.27.